The smallest absolute Gasteiger partial charge is 0.333 e. The Balaban J connectivity index is 1.53. The molecule has 7 heteroatoms. The molecule has 0 radical (unpaired) electrons. The molecule has 0 fully saturated rings. The molecule has 210 valence electrons. The Labute approximate surface area is 232 Å². The summed E-state index contributed by atoms with van der Waals surface area (Å²) in [6.45, 7) is 11.4. The summed E-state index contributed by atoms with van der Waals surface area (Å²) >= 11 is 0. The number of hydrogen-bond acceptors (Lipinski definition) is 7. The molecule has 0 unspecified atom stereocenters. The Bertz CT molecular complexity index is 1170. The Morgan fingerprint density at radius 2 is 1.79 bits per heavy atom. The number of carbonyl (C=O) groups is 1. The van der Waals surface area contributed by atoms with Gasteiger partial charge in [-0.05, 0) is 66.8 Å². The summed E-state index contributed by atoms with van der Waals surface area (Å²) < 4.78 is 16.5. The minimum absolute atomic E-state index is 0.275. The number of hydrogen-bond donors (Lipinski definition) is 0. The molecule has 0 saturated carbocycles. The number of esters is 1. The van der Waals surface area contributed by atoms with Crippen LogP contribution in [0.1, 0.15) is 52.0 Å². The van der Waals surface area contributed by atoms with Crippen LogP contribution in [-0.4, -0.2) is 64.1 Å². The number of likely N-dealkylation sites (N-methyl/N-ethyl adjacent to an activating group) is 1. The summed E-state index contributed by atoms with van der Waals surface area (Å²) in [6, 6.07) is 14.6. The van der Waals surface area contributed by atoms with Gasteiger partial charge < -0.3 is 23.9 Å². The summed E-state index contributed by atoms with van der Waals surface area (Å²) in [5, 5.41) is 2.00. The highest BCUT2D eigenvalue weighted by Gasteiger charge is 2.26. The number of benzene rings is 2. The SMILES string of the molecule is CCCCOCCOc1ccc(-c2ccc3c(c2)C=C(C(=O)OC)CCN3CC2=C(CC)ON(CC)C2)cc1. The van der Waals surface area contributed by atoms with E-state index in [4.69, 9.17) is 19.0 Å². The molecule has 7 nitrogen and oxygen atoms in total. The predicted octanol–water partition coefficient (Wildman–Crippen LogP) is 6.25. The first kappa shape index (κ1) is 28.7. The van der Waals surface area contributed by atoms with E-state index >= 15 is 0 Å². The van der Waals surface area contributed by atoms with Gasteiger partial charge in [-0.25, -0.2) is 4.79 Å². The van der Waals surface area contributed by atoms with Gasteiger partial charge in [-0.15, -0.1) is 5.06 Å². The third kappa shape index (κ3) is 7.43. The third-order valence-corrected chi connectivity index (χ3v) is 7.18. The number of nitrogens with zero attached hydrogens (tertiary/aromatic N) is 2. The molecule has 0 saturated heterocycles. The molecule has 0 bridgehead atoms. The van der Waals surface area contributed by atoms with Crippen molar-refractivity contribution >= 4 is 17.7 Å². The van der Waals surface area contributed by atoms with Crippen molar-refractivity contribution in [3.05, 3.63) is 64.9 Å². The average molecular weight is 535 g/mol. The number of rotatable bonds is 13. The van der Waals surface area contributed by atoms with Crippen LogP contribution in [0.15, 0.2) is 59.4 Å². The zero-order chi connectivity index (χ0) is 27.6. The normalized spacial score (nSPS) is 15.5. The fourth-order valence-electron chi connectivity index (χ4n) is 4.95. The van der Waals surface area contributed by atoms with Crippen molar-refractivity contribution in [2.45, 2.75) is 46.5 Å². The number of allylic oxidation sites excluding steroid dienone is 1. The van der Waals surface area contributed by atoms with E-state index in [0.717, 1.165) is 85.9 Å². The third-order valence-electron chi connectivity index (χ3n) is 7.18. The van der Waals surface area contributed by atoms with Crippen molar-refractivity contribution in [3.63, 3.8) is 0 Å². The summed E-state index contributed by atoms with van der Waals surface area (Å²) in [4.78, 5) is 20.9. The zero-order valence-corrected chi connectivity index (χ0v) is 23.8. The lowest BCUT2D eigenvalue weighted by Gasteiger charge is -2.26. The van der Waals surface area contributed by atoms with Gasteiger partial charge in [0.1, 0.15) is 18.1 Å². The molecule has 39 heavy (non-hydrogen) atoms. The quantitative estimate of drug-likeness (QED) is 0.222. The minimum atomic E-state index is -0.275. The lowest BCUT2D eigenvalue weighted by atomic mass is 10.00. The Kier molecular flexibility index (Phi) is 10.5. The van der Waals surface area contributed by atoms with E-state index in [9.17, 15) is 4.79 Å². The van der Waals surface area contributed by atoms with Gasteiger partial charge in [-0.2, -0.15) is 0 Å². The van der Waals surface area contributed by atoms with Crippen LogP contribution in [0.3, 0.4) is 0 Å². The number of anilines is 1. The van der Waals surface area contributed by atoms with E-state index in [2.05, 4.69) is 56.0 Å². The largest absolute Gasteiger partial charge is 0.491 e. The van der Waals surface area contributed by atoms with Gasteiger partial charge in [0.05, 0.1) is 20.3 Å². The standard InChI is InChI=1S/C32H42N2O5/c1-5-8-17-37-18-19-38-29-12-9-24(10-13-29)25-11-14-30-27(20-25)21-26(32(35)36-4)15-16-33(30)22-28-23-34(7-3)39-31(28)6-2/h9-14,20-21H,5-8,15-19,22-23H2,1-4H3. The van der Waals surface area contributed by atoms with E-state index < -0.39 is 0 Å². The second kappa shape index (κ2) is 14.2. The molecule has 0 N–H and O–H groups in total. The molecule has 0 aliphatic carbocycles. The summed E-state index contributed by atoms with van der Waals surface area (Å²) in [6.07, 6.45) is 5.68. The first-order valence-electron chi connectivity index (χ1n) is 14.2. The van der Waals surface area contributed by atoms with Crippen LogP contribution in [-0.2, 0) is 19.1 Å². The molecule has 2 heterocycles. The Morgan fingerprint density at radius 3 is 2.51 bits per heavy atom. The highest BCUT2D eigenvalue weighted by molar-refractivity contribution is 5.96. The zero-order valence-electron chi connectivity index (χ0n) is 23.8. The minimum Gasteiger partial charge on any atom is -0.491 e. The summed E-state index contributed by atoms with van der Waals surface area (Å²) in [5.74, 6) is 1.60. The van der Waals surface area contributed by atoms with Gasteiger partial charge in [0, 0.05) is 49.5 Å². The molecular formula is C32H42N2O5. The first-order valence-corrected chi connectivity index (χ1v) is 14.2. The van der Waals surface area contributed by atoms with Gasteiger partial charge >= 0.3 is 5.97 Å². The van der Waals surface area contributed by atoms with Crippen LogP contribution < -0.4 is 9.64 Å². The maximum absolute atomic E-state index is 12.5. The topological polar surface area (TPSA) is 60.5 Å². The lowest BCUT2D eigenvalue weighted by Crippen LogP contribution is -2.29. The van der Waals surface area contributed by atoms with Crippen molar-refractivity contribution in [2.75, 3.05) is 58.0 Å². The fourth-order valence-corrected chi connectivity index (χ4v) is 4.95. The number of carbonyl (C=O) groups excluding carboxylic acids is 1. The van der Waals surface area contributed by atoms with Crippen LogP contribution in [0.4, 0.5) is 5.69 Å². The van der Waals surface area contributed by atoms with Crippen molar-refractivity contribution < 1.29 is 23.8 Å². The maximum Gasteiger partial charge on any atom is 0.333 e. The van der Waals surface area contributed by atoms with Crippen LogP contribution in [0, 0.1) is 0 Å². The lowest BCUT2D eigenvalue weighted by molar-refractivity contribution is -0.136. The van der Waals surface area contributed by atoms with Crippen LogP contribution in [0.5, 0.6) is 5.75 Å². The average Bonchev–Trinajstić information content (AvgIpc) is 3.28. The molecule has 2 aromatic rings. The van der Waals surface area contributed by atoms with Gasteiger partial charge in [0.2, 0.25) is 0 Å². The number of unbranched alkanes of at least 4 members (excludes halogenated alkanes) is 1. The number of ether oxygens (including phenoxy) is 3. The van der Waals surface area contributed by atoms with Gasteiger partial charge in [0.25, 0.3) is 0 Å². The number of fused-ring (bicyclic) bond motifs is 1. The highest BCUT2D eigenvalue weighted by atomic mass is 16.7. The molecule has 2 aliphatic heterocycles. The fraction of sp³-hybridized carbons (Fsp3) is 0.469. The van der Waals surface area contributed by atoms with Crippen molar-refractivity contribution in [1.82, 2.24) is 5.06 Å². The molecule has 2 aliphatic rings. The molecule has 0 amide bonds. The molecule has 0 aromatic heterocycles. The predicted molar refractivity (Wildman–Crippen MR) is 156 cm³/mol. The van der Waals surface area contributed by atoms with Crippen molar-refractivity contribution in [1.29, 1.82) is 0 Å². The molecule has 0 spiro atoms. The monoisotopic (exact) mass is 534 g/mol. The summed E-state index contributed by atoms with van der Waals surface area (Å²) in [5.41, 5.74) is 6.28. The maximum atomic E-state index is 12.5. The second-order valence-corrected chi connectivity index (χ2v) is 9.87. The molecule has 4 rings (SSSR count). The van der Waals surface area contributed by atoms with Crippen molar-refractivity contribution in [2.24, 2.45) is 0 Å². The van der Waals surface area contributed by atoms with E-state index in [-0.39, 0.29) is 5.97 Å². The Morgan fingerprint density at radius 1 is 1.00 bits per heavy atom. The van der Waals surface area contributed by atoms with Crippen molar-refractivity contribution in [3.8, 4) is 16.9 Å². The van der Waals surface area contributed by atoms with Gasteiger partial charge in [0.15, 0.2) is 0 Å². The van der Waals surface area contributed by atoms with E-state index in [1.165, 1.54) is 12.7 Å². The van der Waals surface area contributed by atoms with Crippen LogP contribution in [0.2, 0.25) is 0 Å². The number of hydroxylamine groups is 2. The van der Waals surface area contributed by atoms with E-state index in [1.54, 1.807) is 0 Å². The molecule has 0 atom stereocenters. The molecular weight excluding hydrogens is 492 g/mol. The second-order valence-electron chi connectivity index (χ2n) is 9.87. The first-order chi connectivity index (χ1) is 19.1. The number of methoxy groups -OCH3 is 1. The highest BCUT2D eigenvalue weighted by Crippen LogP contribution is 2.34. The van der Waals surface area contributed by atoms with Gasteiger partial charge in [-0.3, -0.25) is 0 Å². The molecule has 2 aromatic carbocycles. The summed E-state index contributed by atoms with van der Waals surface area (Å²) in [7, 11) is 1.44. The van der Waals surface area contributed by atoms with Crippen LogP contribution >= 0.6 is 0 Å². The van der Waals surface area contributed by atoms with E-state index in [0.29, 0.717) is 25.2 Å². The Hall–Kier alpha value is -3.29. The van der Waals surface area contributed by atoms with Gasteiger partial charge in [-0.1, -0.05) is 38.5 Å². The van der Waals surface area contributed by atoms with Crippen LogP contribution in [0.25, 0.3) is 17.2 Å². The van der Waals surface area contributed by atoms with E-state index in [1.807, 2.05) is 23.3 Å².